The molecule has 0 saturated carbocycles. The zero-order valence-corrected chi connectivity index (χ0v) is 28.4. The number of nitrogens with two attached hydrogens (primary N) is 4. The van der Waals surface area contributed by atoms with Gasteiger partial charge in [-0.2, -0.15) is 27.0 Å². The summed E-state index contributed by atoms with van der Waals surface area (Å²) in [5.41, 5.74) is 15.5. The molecule has 0 spiro atoms. The second-order valence-electron chi connectivity index (χ2n) is 12.3. The molecule has 6 rings (SSSR count). The largest absolute Gasteiger partial charge is 0.323 e. The molecular weight excluding hydrogens is 681 g/mol. The maximum atomic E-state index is 13.4. The van der Waals surface area contributed by atoms with Crippen LogP contribution in [0.25, 0.3) is 11.1 Å². The van der Waals surface area contributed by atoms with Crippen LogP contribution in [0.3, 0.4) is 0 Å². The summed E-state index contributed by atoms with van der Waals surface area (Å²) in [6, 6.07) is 18.8. The van der Waals surface area contributed by atoms with Crippen molar-refractivity contribution in [2.45, 2.75) is 35.4 Å². The second kappa shape index (κ2) is 11.8. The lowest BCUT2D eigenvalue weighted by Gasteiger charge is -2.42. The van der Waals surface area contributed by atoms with Gasteiger partial charge < -0.3 is 23.2 Å². The number of aryl methyl sites for hydroxylation is 2. The van der Waals surface area contributed by atoms with Gasteiger partial charge >= 0.3 is 0 Å². The monoisotopic (exact) mass is 714 g/mol. The van der Waals surface area contributed by atoms with E-state index in [1.807, 2.05) is 0 Å². The quantitative estimate of drug-likeness (QED) is 0.0848. The van der Waals surface area contributed by atoms with Gasteiger partial charge in [0.15, 0.2) is 9.49 Å². The SMILES string of the molecule is Cc1cc(C2(S(=O)(=O)O)c3ccccc3C(=N)/C(=N\N)C2N)ccc1-c1ccc(C2(S(=O)(=O)O)c3ccccc3C(=N)/C(=N/N)C2N)cc1C. The fourth-order valence-corrected chi connectivity index (χ4v) is 10.2. The number of hydrazone groups is 2. The summed E-state index contributed by atoms with van der Waals surface area (Å²) in [4.78, 5) is 0. The third-order valence-corrected chi connectivity index (χ3v) is 12.9. The molecule has 2 aliphatic carbocycles. The summed E-state index contributed by atoms with van der Waals surface area (Å²) >= 11 is 0. The average Bonchev–Trinajstić information content (AvgIpc) is 3.05. The van der Waals surface area contributed by atoms with E-state index in [0.29, 0.717) is 22.3 Å². The molecule has 0 amide bonds. The fourth-order valence-electron chi connectivity index (χ4n) is 7.61. The van der Waals surface area contributed by atoms with Gasteiger partial charge in [-0.05, 0) is 58.4 Å². The normalized spacial score (nSPS) is 25.4. The molecule has 4 unspecified atom stereocenters. The van der Waals surface area contributed by atoms with Crippen LogP contribution < -0.4 is 23.2 Å². The van der Waals surface area contributed by atoms with Crippen molar-refractivity contribution in [2.24, 2.45) is 33.4 Å². The Bertz CT molecular complexity index is 2260. The Morgan fingerprint density at radius 2 is 0.940 bits per heavy atom. The maximum absolute atomic E-state index is 13.4. The molecule has 0 bridgehead atoms. The molecule has 4 aromatic rings. The van der Waals surface area contributed by atoms with Crippen molar-refractivity contribution in [1.82, 2.24) is 0 Å². The molecule has 16 heteroatoms. The summed E-state index contributed by atoms with van der Waals surface area (Å²) in [6.45, 7) is 3.46. The van der Waals surface area contributed by atoms with Crippen molar-refractivity contribution < 1.29 is 25.9 Å². The number of hydrogen-bond donors (Lipinski definition) is 8. The number of rotatable bonds is 5. The molecule has 0 aromatic heterocycles. The lowest BCUT2D eigenvalue weighted by atomic mass is 9.72. The first-order valence-corrected chi connectivity index (χ1v) is 18.0. The zero-order valence-electron chi connectivity index (χ0n) is 26.8. The van der Waals surface area contributed by atoms with Gasteiger partial charge in [0.1, 0.15) is 11.4 Å². The van der Waals surface area contributed by atoms with E-state index in [9.17, 15) is 25.9 Å². The van der Waals surface area contributed by atoms with Gasteiger partial charge in [-0.1, -0.05) is 84.9 Å². The minimum atomic E-state index is -5.04. The maximum Gasteiger partial charge on any atom is 0.281 e. The van der Waals surface area contributed by atoms with Crippen LogP contribution >= 0.6 is 0 Å². The molecule has 0 radical (unpaired) electrons. The third kappa shape index (κ3) is 4.53. The topological polar surface area (TPSA) is 285 Å². The van der Waals surface area contributed by atoms with Crippen molar-refractivity contribution in [3.63, 3.8) is 0 Å². The zero-order chi connectivity index (χ0) is 36.6. The van der Waals surface area contributed by atoms with Crippen LogP contribution in [-0.4, -0.2) is 60.9 Å². The van der Waals surface area contributed by atoms with Crippen LogP contribution in [0.5, 0.6) is 0 Å². The summed E-state index contributed by atoms with van der Waals surface area (Å²) in [5.74, 6) is 11.2. The highest BCUT2D eigenvalue weighted by atomic mass is 32.2. The van der Waals surface area contributed by atoms with Crippen LogP contribution in [0.15, 0.2) is 95.1 Å². The summed E-state index contributed by atoms with van der Waals surface area (Å²) in [6.07, 6.45) is 0. The van der Waals surface area contributed by atoms with E-state index in [0.717, 1.165) is 0 Å². The molecule has 0 saturated heterocycles. The van der Waals surface area contributed by atoms with E-state index >= 15 is 0 Å². The predicted molar refractivity (Wildman–Crippen MR) is 192 cm³/mol. The molecule has 4 aromatic carbocycles. The lowest BCUT2D eigenvalue weighted by molar-refractivity contribution is 0.434. The summed E-state index contributed by atoms with van der Waals surface area (Å²) < 4.78 is 71.0. The van der Waals surface area contributed by atoms with Crippen molar-refractivity contribution in [2.75, 3.05) is 0 Å². The van der Waals surface area contributed by atoms with Crippen molar-refractivity contribution in [3.05, 3.63) is 129 Å². The molecule has 50 heavy (non-hydrogen) atoms. The number of nitrogens with one attached hydrogen (secondary N) is 2. The lowest BCUT2D eigenvalue weighted by Crippen LogP contribution is -2.61. The molecule has 0 aliphatic heterocycles. The van der Waals surface area contributed by atoms with Crippen molar-refractivity contribution in [1.29, 1.82) is 10.8 Å². The second-order valence-corrected chi connectivity index (χ2v) is 15.5. The highest BCUT2D eigenvalue weighted by Gasteiger charge is 2.59. The van der Waals surface area contributed by atoms with E-state index < -0.39 is 41.8 Å². The van der Waals surface area contributed by atoms with Gasteiger partial charge in [-0.15, -0.1) is 0 Å². The Morgan fingerprint density at radius 3 is 1.24 bits per heavy atom. The summed E-state index contributed by atoms with van der Waals surface area (Å²) in [7, 11) is -10.1. The summed E-state index contributed by atoms with van der Waals surface area (Å²) in [5, 5.41) is 24.5. The number of fused-ring (bicyclic) bond motifs is 2. The van der Waals surface area contributed by atoms with E-state index in [4.69, 9.17) is 34.0 Å². The van der Waals surface area contributed by atoms with Crippen LogP contribution in [0.1, 0.15) is 44.5 Å². The Morgan fingerprint density at radius 1 is 0.600 bits per heavy atom. The van der Waals surface area contributed by atoms with Crippen LogP contribution in [0.2, 0.25) is 0 Å². The Labute approximate surface area is 288 Å². The Kier molecular flexibility index (Phi) is 8.17. The highest BCUT2D eigenvalue weighted by Crippen LogP contribution is 2.48. The van der Waals surface area contributed by atoms with Gasteiger partial charge in [0.2, 0.25) is 0 Å². The molecule has 4 atom stereocenters. The number of nitrogens with zero attached hydrogens (tertiary/aromatic N) is 2. The van der Waals surface area contributed by atoms with E-state index in [1.54, 1.807) is 62.4 Å². The Balaban J connectivity index is 1.55. The van der Waals surface area contributed by atoms with Crippen molar-refractivity contribution >= 4 is 43.1 Å². The minimum Gasteiger partial charge on any atom is -0.323 e. The fraction of sp³-hybridized carbons (Fsp3) is 0.176. The third-order valence-electron chi connectivity index (χ3n) is 9.86. The van der Waals surface area contributed by atoms with Gasteiger partial charge in [0.25, 0.3) is 20.2 Å². The Hall–Kier alpha value is -5.10. The molecule has 0 heterocycles. The molecule has 12 N–H and O–H groups in total. The first-order chi connectivity index (χ1) is 23.5. The predicted octanol–water partition coefficient (Wildman–Crippen LogP) is 2.28. The molecule has 14 nitrogen and oxygen atoms in total. The standard InChI is InChI=1S/C34H34N8O6S2/c1-17-15-19(33(49(43,44)45)25-9-5-3-7-23(25)27(35)29(41-39)31(33)37)11-13-21(17)22-14-12-20(16-18(22)2)34(50(46,47)48)26-10-6-4-8-24(26)28(36)30(42-40)32(34)38/h3-16,31-32,35-36H,37-40H2,1-2H3,(H,43,44,45)(H,46,47,48)/b35-27?,36-28?,41-29-,42-30+. The first-order valence-electron chi connectivity index (χ1n) is 15.1. The van der Waals surface area contributed by atoms with Crippen LogP contribution in [0, 0.1) is 24.7 Å². The van der Waals surface area contributed by atoms with Crippen molar-refractivity contribution in [3.8, 4) is 11.1 Å². The van der Waals surface area contributed by atoms with Crippen LogP contribution in [-0.2, 0) is 29.7 Å². The van der Waals surface area contributed by atoms with E-state index in [-0.39, 0.29) is 56.2 Å². The van der Waals surface area contributed by atoms with Crippen LogP contribution in [0.4, 0.5) is 0 Å². The molecule has 2 aliphatic rings. The van der Waals surface area contributed by atoms with Gasteiger partial charge in [-0.25, -0.2) is 0 Å². The highest BCUT2D eigenvalue weighted by molar-refractivity contribution is 7.87. The van der Waals surface area contributed by atoms with Gasteiger partial charge in [-0.3, -0.25) is 19.9 Å². The van der Waals surface area contributed by atoms with Gasteiger partial charge in [0.05, 0.1) is 23.5 Å². The van der Waals surface area contributed by atoms with E-state index in [2.05, 4.69) is 10.2 Å². The molecule has 258 valence electrons. The molecular formula is C34H34N8O6S2. The number of benzene rings is 4. The van der Waals surface area contributed by atoms with Gasteiger partial charge in [0, 0.05) is 11.1 Å². The molecule has 0 fully saturated rings. The van der Waals surface area contributed by atoms with E-state index in [1.165, 1.54) is 36.4 Å². The number of hydrogen-bond acceptors (Lipinski definition) is 12. The smallest absolute Gasteiger partial charge is 0.281 e. The average molecular weight is 715 g/mol. The minimum absolute atomic E-state index is 0.0909. The first kappa shape index (κ1) is 34.8.